The molecule has 1 atom stereocenters. The van der Waals surface area contributed by atoms with E-state index in [2.05, 4.69) is 17.9 Å². The van der Waals surface area contributed by atoms with Crippen molar-refractivity contribution in [3.63, 3.8) is 0 Å². The Morgan fingerprint density at radius 1 is 1.09 bits per heavy atom. The lowest BCUT2D eigenvalue weighted by Crippen LogP contribution is -2.36. The van der Waals surface area contributed by atoms with Crippen molar-refractivity contribution in [2.75, 3.05) is 13.2 Å². The van der Waals surface area contributed by atoms with E-state index >= 15 is 0 Å². The summed E-state index contributed by atoms with van der Waals surface area (Å²) in [6, 6.07) is 18.6. The fraction of sp³-hybridized carbons (Fsp3) is 0.444. The molecule has 0 spiro atoms. The molecule has 0 amide bonds. The van der Waals surface area contributed by atoms with Gasteiger partial charge in [-0.3, -0.25) is 4.90 Å². The lowest BCUT2D eigenvalue weighted by molar-refractivity contribution is -0.0107. The van der Waals surface area contributed by atoms with Crippen molar-refractivity contribution in [3.8, 4) is 17.3 Å². The maximum Gasteiger partial charge on any atom is 0.227 e. The third kappa shape index (κ3) is 6.22. The molecule has 6 nitrogen and oxygen atoms in total. The third-order valence-corrected chi connectivity index (χ3v) is 5.83. The molecule has 1 heterocycles. The number of aryl methyl sites for hydroxylation is 2. The summed E-state index contributed by atoms with van der Waals surface area (Å²) in [7, 11) is 0. The van der Waals surface area contributed by atoms with Crippen LogP contribution in [-0.4, -0.2) is 51.2 Å². The Hall–Kier alpha value is -2.67. The number of rotatable bonds is 11. The highest BCUT2D eigenvalue weighted by Gasteiger charge is 2.32. The molecule has 0 radical (unpaired) electrons. The van der Waals surface area contributed by atoms with E-state index in [4.69, 9.17) is 14.6 Å². The van der Waals surface area contributed by atoms with Gasteiger partial charge in [0, 0.05) is 19.1 Å². The molecule has 1 aromatic heterocycles. The van der Waals surface area contributed by atoms with Crippen LogP contribution in [0.3, 0.4) is 0 Å². The molecule has 0 bridgehead atoms. The highest BCUT2D eigenvalue weighted by atomic mass is 16.5. The van der Waals surface area contributed by atoms with Gasteiger partial charge >= 0.3 is 0 Å². The molecule has 1 aliphatic carbocycles. The van der Waals surface area contributed by atoms with Crippen LogP contribution in [0, 0.1) is 13.8 Å². The Labute approximate surface area is 196 Å². The van der Waals surface area contributed by atoms with Gasteiger partial charge < -0.3 is 14.6 Å². The van der Waals surface area contributed by atoms with Gasteiger partial charge in [-0.05, 0) is 70.4 Å². The van der Waals surface area contributed by atoms with Crippen molar-refractivity contribution < 1.29 is 14.6 Å². The predicted octanol–water partition coefficient (Wildman–Crippen LogP) is 5.03. The van der Waals surface area contributed by atoms with Gasteiger partial charge in [0.05, 0.1) is 35.8 Å². The number of benzene rings is 2. The molecule has 1 aliphatic rings. The second-order valence-electron chi connectivity index (χ2n) is 9.23. The summed E-state index contributed by atoms with van der Waals surface area (Å²) in [6.07, 6.45) is 1.88. The summed E-state index contributed by atoms with van der Waals surface area (Å²) in [4.78, 5) is 2.34. The van der Waals surface area contributed by atoms with Crippen molar-refractivity contribution in [3.05, 3.63) is 71.4 Å². The summed E-state index contributed by atoms with van der Waals surface area (Å²) in [5.74, 6) is 1.51. The van der Waals surface area contributed by atoms with Gasteiger partial charge in [-0.1, -0.05) is 30.3 Å². The minimum Gasteiger partial charge on any atom is -0.439 e. The SMILES string of the molecule is Cc1cccc(Oc2c(CN(CC(O)COC(C)C)C3CC3)c(C)nn2-c2ccccc2)c1. The third-order valence-electron chi connectivity index (χ3n) is 5.83. The van der Waals surface area contributed by atoms with Crippen LogP contribution in [0.2, 0.25) is 0 Å². The Morgan fingerprint density at radius 2 is 1.85 bits per heavy atom. The number of nitrogens with zero attached hydrogens (tertiary/aromatic N) is 3. The standard InChI is InChI=1S/C27H35N3O3/c1-19(2)32-18-24(31)16-29(22-13-14-22)17-26-21(4)28-30(23-10-6-5-7-11-23)27(26)33-25-12-8-9-20(3)15-25/h5-12,15,19,22,24,31H,13-14,16-18H2,1-4H3. The molecule has 0 saturated heterocycles. The quantitative estimate of drug-likeness (QED) is 0.445. The number of aliphatic hydroxyl groups is 1. The van der Waals surface area contributed by atoms with Crippen molar-refractivity contribution in [1.29, 1.82) is 0 Å². The molecular formula is C27H35N3O3. The average molecular weight is 450 g/mol. The van der Waals surface area contributed by atoms with E-state index < -0.39 is 6.10 Å². The number of para-hydroxylation sites is 1. The fourth-order valence-electron chi connectivity index (χ4n) is 3.97. The van der Waals surface area contributed by atoms with Gasteiger partial charge in [-0.25, -0.2) is 4.68 Å². The molecule has 1 N–H and O–H groups in total. The largest absolute Gasteiger partial charge is 0.439 e. The first-order valence-electron chi connectivity index (χ1n) is 11.8. The fourth-order valence-corrected chi connectivity index (χ4v) is 3.97. The summed E-state index contributed by atoms with van der Waals surface area (Å²) >= 11 is 0. The molecule has 1 unspecified atom stereocenters. The van der Waals surface area contributed by atoms with Crippen LogP contribution in [0.5, 0.6) is 11.6 Å². The second kappa shape index (κ2) is 10.5. The maximum atomic E-state index is 10.6. The predicted molar refractivity (Wildman–Crippen MR) is 130 cm³/mol. The number of hydrogen-bond acceptors (Lipinski definition) is 5. The molecule has 0 aliphatic heterocycles. The number of ether oxygens (including phenoxy) is 2. The minimum atomic E-state index is -0.529. The number of aliphatic hydroxyl groups excluding tert-OH is 1. The summed E-state index contributed by atoms with van der Waals surface area (Å²) < 4.78 is 14.0. The van der Waals surface area contributed by atoms with Crippen molar-refractivity contribution in [1.82, 2.24) is 14.7 Å². The van der Waals surface area contributed by atoms with E-state index in [1.54, 1.807) is 0 Å². The van der Waals surface area contributed by atoms with Crippen molar-refractivity contribution in [2.45, 2.75) is 65.3 Å². The Bertz CT molecular complexity index is 1040. The highest BCUT2D eigenvalue weighted by molar-refractivity contribution is 5.43. The van der Waals surface area contributed by atoms with E-state index in [0.717, 1.165) is 47.0 Å². The zero-order valence-electron chi connectivity index (χ0n) is 20.1. The summed E-state index contributed by atoms with van der Waals surface area (Å²) in [5.41, 5.74) is 4.08. The van der Waals surface area contributed by atoms with E-state index in [1.807, 2.05) is 74.0 Å². The molecule has 3 aromatic rings. The first kappa shape index (κ1) is 23.5. The molecule has 6 heteroatoms. The second-order valence-corrected chi connectivity index (χ2v) is 9.23. The van der Waals surface area contributed by atoms with Gasteiger partial charge in [0.15, 0.2) is 0 Å². The lowest BCUT2D eigenvalue weighted by Gasteiger charge is -2.25. The normalized spacial score (nSPS) is 14.8. The monoisotopic (exact) mass is 449 g/mol. The zero-order valence-corrected chi connectivity index (χ0v) is 20.1. The van der Waals surface area contributed by atoms with Crippen LogP contribution in [0.25, 0.3) is 5.69 Å². The lowest BCUT2D eigenvalue weighted by atomic mass is 10.2. The van der Waals surface area contributed by atoms with Crippen LogP contribution in [0.4, 0.5) is 0 Å². The van der Waals surface area contributed by atoms with E-state index in [9.17, 15) is 5.11 Å². The van der Waals surface area contributed by atoms with Crippen LogP contribution >= 0.6 is 0 Å². The van der Waals surface area contributed by atoms with E-state index in [0.29, 0.717) is 25.7 Å². The Morgan fingerprint density at radius 3 is 2.52 bits per heavy atom. The number of aromatic nitrogens is 2. The molecule has 1 saturated carbocycles. The Balaban J connectivity index is 1.64. The minimum absolute atomic E-state index is 0.106. The number of hydrogen-bond donors (Lipinski definition) is 1. The smallest absolute Gasteiger partial charge is 0.227 e. The molecule has 4 rings (SSSR count). The van der Waals surface area contributed by atoms with Crippen LogP contribution < -0.4 is 4.74 Å². The van der Waals surface area contributed by atoms with Crippen molar-refractivity contribution in [2.24, 2.45) is 0 Å². The average Bonchev–Trinajstić information content (AvgIpc) is 3.59. The Kier molecular flexibility index (Phi) is 7.48. The maximum absolute atomic E-state index is 10.6. The van der Waals surface area contributed by atoms with E-state index in [1.165, 1.54) is 0 Å². The molecule has 2 aromatic carbocycles. The summed E-state index contributed by atoms with van der Waals surface area (Å²) in [5, 5.41) is 15.4. The first-order chi connectivity index (χ1) is 15.9. The van der Waals surface area contributed by atoms with Crippen molar-refractivity contribution >= 4 is 0 Å². The van der Waals surface area contributed by atoms with Crippen LogP contribution in [0.15, 0.2) is 54.6 Å². The van der Waals surface area contributed by atoms with E-state index in [-0.39, 0.29) is 6.10 Å². The molecular weight excluding hydrogens is 414 g/mol. The topological polar surface area (TPSA) is 59.8 Å². The molecule has 176 valence electrons. The van der Waals surface area contributed by atoms with Gasteiger partial charge in [0.1, 0.15) is 5.75 Å². The van der Waals surface area contributed by atoms with Gasteiger partial charge in [0.2, 0.25) is 5.88 Å². The first-order valence-corrected chi connectivity index (χ1v) is 11.8. The zero-order chi connectivity index (χ0) is 23.4. The van der Waals surface area contributed by atoms with Crippen LogP contribution in [0.1, 0.15) is 43.5 Å². The summed E-state index contributed by atoms with van der Waals surface area (Å²) in [6.45, 7) is 9.64. The highest BCUT2D eigenvalue weighted by Crippen LogP contribution is 2.35. The van der Waals surface area contributed by atoms with Gasteiger partial charge in [-0.15, -0.1) is 0 Å². The molecule has 33 heavy (non-hydrogen) atoms. The van der Waals surface area contributed by atoms with Gasteiger partial charge in [-0.2, -0.15) is 5.10 Å². The van der Waals surface area contributed by atoms with Crippen LogP contribution in [-0.2, 0) is 11.3 Å². The van der Waals surface area contributed by atoms with Gasteiger partial charge in [0.25, 0.3) is 0 Å². The molecule has 1 fully saturated rings.